The second-order valence-corrected chi connectivity index (χ2v) is 6.99. The van der Waals surface area contributed by atoms with Crippen LogP contribution >= 0.6 is 0 Å². The van der Waals surface area contributed by atoms with Gasteiger partial charge in [0.05, 0.1) is 0 Å². The van der Waals surface area contributed by atoms with Crippen molar-refractivity contribution in [2.24, 2.45) is 5.73 Å². The minimum atomic E-state index is -0.480. The van der Waals surface area contributed by atoms with Gasteiger partial charge in [0.25, 0.3) is 0 Å². The highest BCUT2D eigenvalue weighted by atomic mass is 16.1. The van der Waals surface area contributed by atoms with Gasteiger partial charge in [-0.2, -0.15) is 0 Å². The Labute approximate surface area is 148 Å². The minimum Gasteiger partial charge on any atom is -0.366 e. The van der Waals surface area contributed by atoms with Crippen LogP contribution in [0.5, 0.6) is 0 Å². The van der Waals surface area contributed by atoms with Crippen molar-refractivity contribution >= 4 is 17.9 Å². The van der Waals surface area contributed by atoms with Crippen LogP contribution in [0, 0.1) is 0 Å². The standard InChI is InChI=1S/C21H24N2O2/c1-21(2,3)18-10-7-15(8-11-18)9-12-19(24)23-14-16-5-4-6-17(13-16)20(22)25/h4-13H,14H2,1-3H3,(H2,22,25)(H,23,24)/b12-9+. The molecule has 0 aromatic heterocycles. The third-order valence-corrected chi connectivity index (χ3v) is 3.88. The lowest BCUT2D eigenvalue weighted by molar-refractivity contribution is -0.116. The van der Waals surface area contributed by atoms with Crippen molar-refractivity contribution in [3.63, 3.8) is 0 Å². The van der Waals surface area contributed by atoms with E-state index in [1.165, 1.54) is 11.6 Å². The number of nitrogens with one attached hydrogen (secondary N) is 1. The van der Waals surface area contributed by atoms with Crippen LogP contribution in [0.2, 0.25) is 0 Å². The average molecular weight is 336 g/mol. The van der Waals surface area contributed by atoms with E-state index in [1.54, 1.807) is 24.3 Å². The Bertz CT molecular complexity index is 784. The number of rotatable bonds is 5. The molecule has 0 aliphatic carbocycles. The number of carbonyl (C=O) groups is 2. The fourth-order valence-electron chi connectivity index (χ4n) is 2.35. The molecule has 2 aromatic rings. The summed E-state index contributed by atoms with van der Waals surface area (Å²) in [4.78, 5) is 23.1. The Balaban J connectivity index is 1.92. The molecular formula is C21H24N2O2. The van der Waals surface area contributed by atoms with E-state index in [-0.39, 0.29) is 11.3 Å². The highest BCUT2D eigenvalue weighted by Crippen LogP contribution is 2.22. The molecule has 2 aromatic carbocycles. The average Bonchev–Trinajstić information content (AvgIpc) is 2.58. The summed E-state index contributed by atoms with van der Waals surface area (Å²) in [5.41, 5.74) is 8.84. The molecule has 4 heteroatoms. The molecule has 0 heterocycles. The number of amides is 2. The molecule has 3 N–H and O–H groups in total. The van der Waals surface area contributed by atoms with Crippen LogP contribution < -0.4 is 11.1 Å². The lowest BCUT2D eigenvalue weighted by Crippen LogP contribution is -2.20. The van der Waals surface area contributed by atoms with E-state index >= 15 is 0 Å². The maximum atomic E-state index is 11.9. The SMILES string of the molecule is CC(C)(C)c1ccc(/C=C/C(=O)NCc2cccc(C(N)=O)c2)cc1. The van der Waals surface area contributed by atoms with Crippen molar-refractivity contribution < 1.29 is 9.59 Å². The van der Waals surface area contributed by atoms with Crippen LogP contribution in [-0.2, 0) is 16.8 Å². The van der Waals surface area contributed by atoms with E-state index < -0.39 is 5.91 Å². The highest BCUT2D eigenvalue weighted by molar-refractivity contribution is 5.93. The van der Waals surface area contributed by atoms with Crippen molar-refractivity contribution in [2.45, 2.75) is 32.7 Å². The van der Waals surface area contributed by atoms with Crippen molar-refractivity contribution in [1.82, 2.24) is 5.32 Å². The molecule has 0 spiro atoms. The van der Waals surface area contributed by atoms with Crippen LogP contribution in [0.4, 0.5) is 0 Å². The molecule has 0 aliphatic heterocycles. The van der Waals surface area contributed by atoms with Crippen molar-refractivity contribution in [3.8, 4) is 0 Å². The van der Waals surface area contributed by atoms with E-state index in [9.17, 15) is 9.59 Å². The maximum Gasteiger partial charge on any atom is 0.248 e. The summed E-state index contributed by atoms with van der Waals surface area (Å²) in [6.45, 7) is 6.84. The van der Waals surface area contributed by atoms with E-state index in [0.717, 1.165) is 11.1 Å². The van der Waals surface area contributed by atoms with Gasteiger partial charge in [-0.25, -0.2) is 0 Å². The summed E-state index contributed by atoms with van der Waals surface area (Å²) >= 11 is 0. The van der Waals surface area contributed by atoms with Gasteiger partial charge in [-0.1, -0.05) is 57.2 Å². The fraction of sp³-hybridized carbons (Fsp3) is 0.238. The first kappa shape index (κ1) is 18.5. The van der Waals surface area contributed by atoms with Crippen molar-refractivity contribution in [2.75, 3.05) is 0 Å². The lowest BCUT2D eigenvalue weighted by atomic mass is 9.87. The Kier molecular flexibility index (Phi) is 5.75. The summed E-state index contributed by atoms with van der Waals surface area (Å²) in [5, 5.41) is 2.79. The zero-order valence-corrected chi connectivity index (χ0v) is 14.9. The van der Waals surface area contributed by atoms with Crippen LogP contribution in [0.25, 0.3) is 6.08 Å². The number of benzene rings is 2. The Morgan fingerprint density at radius 3 is 2.36 bits per heavy atom. The number of nitrogens with two attached hydrogens (primary N) is 1. The second-order valence-electron chi connectivity index (χ2n) is 6.99. The maximum absolute atomic E-state index is 11.9. The molecule has 0 bridgehead atoms. The number of carbonyl (C=O) groups excluding carboxylic acids is 2. The zero-order chi connectivity index (χ0) is 18.4. The number of primary amides is 1. The predicted octanol–water partition coefficient (Wildman–Crippen LogP) is 3.41. The van der Waals surface area contributed by atoms with Crippen LogP contribution in [0.1, 0.15) is 47.8 Å². The zero-order valence-electron chi connectivity index (χ0n) is 14.9. The Morgan fingerprint density at radius 2 is 1.76 bits per heavy atom. The summed E-state index contributed by atoms with van der Waals surface area (Å²) in [5.74, 6) is -0.670. The summed E-state index contributed by atoms with van der Waals surface area (Å²) in [6, 6.07) is 15.1. The number of hydrogen-bond donors (Lipinski definition) is 2. The quantitative estimate of drug-likeness (QED) is 0.821. The smallest absolute Gasteiger partial charge is 0.248 e. The summed E-state index contributed by atoms with van der Waals surface area (Å²) in [7, 11) is 0. The van der Waals surface area contributed by atoms with Crippen LogP contribution in [-0.4, -0.2) is 11.8 Å². The first-order valence-corrected chi connectivity index (χ1v) is 8.21. The van der Waals surface area contributed by atoms with Gasteiger partial charge in [-0.3, -0.25) is 9.59 Å². The molecule has 0 saturated heterocycles. The van der Waals surface area contributed by atoms with Gasteiger partial charge in [0.15, 0.2) is 0 Å². The monoisotopic (exact) mass is 336 g/mol. The van der Waals surface area contributed by atoms with Crippen molar-refractivity contribution in [3.05, 3.63) is 76.9 Å². The van der Waals surface area contributed by atoms with Crippen molar-refractivity contribution in [1.29, 1.82) is 0 Å². The largest absolute Gasteiger partial charge is 0.366 e. The van der Waals surface area contributed by atoms with Crippen LogP contribution in [0.15, 0.2) is 54.6 Å². The first-order chi connectivity index (χ1) is 11.8. The van der Waals surface area contributed by atoms with E-state index in [0.29, 0.717) is 12.1 Å². The molecule has 0 radical (unpaired) electrons. The summed E-state index contributed by atoms with van der Waals surface area (Å²) < 4.78 is 0. The molecule has 4 nitrogen and oxygen atoms in total. The predicted molar refractivity (Wildman–Crippen MR) is 101 cm³/mol. The molecule has 2 rings (SSSR count). The topological polar surface area (TPSA) is 72.2 Å². The third-order valence-electron chi connectivity index (χ3n) is 3.88. The molecule has 0 fully saturated rings. The van der Waals surface area contributed by atoms with Gasteiger partial charge >= 0.3 is 0 Å². The minimum absolute atomic E-state index is 0.110. The molecule has 0 unspecified atom stereocenters. The highest BCUT2D eigenvalue weighted by Gasteiger charge is 2.12. The van der Waals surface area contributed by atoms with E-state index in [1.807, 2.05) is 18.2 Å². The Morgan fingerprint density at radius 1 is 1.08 bits per heavy atom. The normalized spacial score (nSPS) is 11.5. The van der Waals surface area contributed by atoms with Crippen LogP contribution in [0.3, 0.4) is 0 Å². The molecule has 0 saturated carbocycles. The molecular weight excluding hydrogens is 312 g/mol. The molecule has 0 aliphatic rings. The van der Waals surface area contributed by atoms with Gasteiger partial charge < -0.3 is 11.1 Å². The van der Waals surface area contributed by atoms with Gasteiger partial charge in [0, 0.05) is 18.2 Å². The Hall–Kier alpha value is -2.88. The third kappa shape index (κ3) is 5.60. The van der Waals surface area contributed by atoms with Gasteiger partial charge in [0.2, 0.25) is 11.8 Å². The number of hydrogen-bond acceptors (Lipinski definition) is 2. The summed E-state index contributed by atoms with van der Waals surface area (Å²) in [6.07, 6.45) is 3.28. The first-order valence-electron chi connectivity index (χ1n) is 8.21. The van der Waals surface area contributed by atoms with Gasteiger partial charge in [0.1, 0.15) is 0 Å². The molecule has 0 atom stereocenters. The lowest BCUT2D eigenvalue weighted by Gasteiger charge is -2.18. The van der Waals surface area contributed by atoms with Gasteiger partial charge in [-0.15, -0.1) is 0 Å². The van der Waals surface area contributed by atoms with Gasteiger partial charge in [-0.05, 0) is 40.3 Å². The fourth-order valence-corrected chi connectivity index (χ4v) is 2.35. The van der Waals surface area contributed by atoms with E-state index in [2.05, 4.69) is 38.2 Å². The molecule has 25 heavy (non-hydrogen) atoms. The van der Waals surface area contributed by atoms with E-state index in [4.69, 9.17) is 5.73 Å². The molecule has 130 valence electrons. The molecule has 2 amide bonds. The second kappa shape index (κ2) is 7.79.